The highest BCUT2D eigenvalue weighted by atomic mass is 35.5. The predicted octanol–water partition coefficient (Wildman–Crippen LogP) is 4.20. The van der Waals surface area contributed by atoms with Crippen LogP contribution in [-0.2, 0) is 11.3 Å². The van der Waals surface area contributed by atoms with Gasteiger partial charge in [-0.2, -0.15) is 0 Å². The van der Waals surface area contributed by atoms with Gasteiger partial charge in [0.15, 0.2) is 0 Å². The number of nitrogens with one attached hydrogen (secondary N) is 1. The van der Waals surface area contributed by atoms with E-state index < -0.39 is 0 Å². The number of hydrogen-bond donors (Lipinski definition) is 1. The lowest BCUT2D eigenvalue weighted by molar-refractivity contribution is -0.135. The summed E-state index contributed by atoms with van der Waals surface area (Å²) in [5.41, 5.74) is 1.05. The molecular weight excluding hydrogens is 362 g/mol. The van der Waals surface area contributed by atoms with E-state index in [2.05, 4.69) is 5.32 Å². The minimum Gasteiger partial charge on any atom is -0.337 e. The van der Waals surface area contributed by atoms with Gasteiger partial charge in [0.1, 0.15) is 6.04 Å². The fraction of sp³-hybridized carbons (Fsp3) is 0.619. The van der Waals surface area contributed by atoms with E-state index in [0.717, 1.165) is 31.2 Å². The zero-order valence-electron chi connectivity index (χ0n) is 16.1. The topological polar surface area (TPSA) is 52.7 Å². The van der Waals surface area contributed by atoms with Gasteiger partial charge in [-0.15, -0.1) is 0 Å². The molecule has 27 heavy (non-hydrogen) atoms. The SMILES string of the molecule is CCN(Cc1ccc(Cl)cc1)C(=O)C1CCCN1C(=O)NC1CCCCC1. The lowest BCUT2D eigenvalue weighted by Crippen LogP contribution is -2.52. The summed E-state index contributed by atoms with van der Waals surface area (Å²) >= 11 is 5.95. The smallest absolute Gasteiger partial charge is 0.318 e. The van der Waals surface area contributed by atoms with Crippen LogP contribution in [0.4, 0.5) is 4.79 Å². The van der Waals surface area contributed by atoms with Crippen molar-refractivity contribution in [1.82, 2.24) is 15.1 Å². The van der Waals surface area contributed by atoms with Gasteiger partial charge in [0.05, 0.1) is 0 Å². The lowest BCUT2D eigenvalue weighted by atomic mass is 9.96. The third kappa shape index (κ3) is 5.16. The maximum Gasteiger partial charge on any atom is 0.318 e. The minimum absolute atomic E-state index is 0.0451. The predicted molar refractivity (Wildman–Crippen MR) is 108 cm³/mol. The van der Waals surface area contributed by atoms with Crippen molar-refractivity contribution < 1.29 is 9.59 Å². The standard InChI is InChI=1S/C21H30ClN3O2/c1-2-24(15-16-10-12-17(22)13-11-16)20(26)19-9-6-14-25(19)21(27)23-18-7-4-3-5-8-18/h10-13,18-19H,2-9,14-15H2,1H3,(H,23,27). The van der Waals surface area contributed by atoms with Crippen molar-refractivity contribution in [3.05, 3.63) is 34.9 Å². The van der Waals surface area contributed by atoms with Crippen molar-refractivity contribution in [2.24, 2.45) is 0 Å². The molecule has 5 nitrogen and oxygen atoms in total. The summed E-state index contributed by atoms with van der Waals surface area (Å²) in [6.45, 7) is 3.81. The molecule has 0 aromatic heterocycles. The van der Waals surface area contributed by atoms with Gasteiger partial charge in [-0.25, -0.2) is 4.79 Å². The van der Waals surface area contributed by atoms with Crippen LogP contribution in [0.3, 0.4) is 0 Å². The van der Waals surface area contributed by atoms with Gasteiger partial charge < -0.3 is 15.1 Å². The molecule has 1 aliphatic heterocycles. The van der Waals surface area contributed by atoms with Crippen LogP contribution in [0.2, 0.25) is 5.02 Å². The quantitative estimate of drug-likeness (QED) is 0.817. The first kappa shape index (κ1) is 20.0. The van der Waals surface area contributed by atoms with Crippen molar-refractivity contribution in [2.45, 2.75) is 70.5 Å². The summed E-state index contributed by atoms with van der Waals surface area (Å²) in [6.07, 6.45) is 7.34. The highest BCUT2D eigenvalue weighted by Crippen LogP contribution is 2.23. The number of halogens is 1. The molecule has 1 aliphatic carbocycles. The summed E-state index contributed by atoms with van der Waals surface area (Å²) in [4.78, 5) is 29.5. The van der Waals surface area contributed by atoms with Crippen LogP contribution in [0.25, 0.3) is 0 Å². The Morgan fingerprint density at radius 3 is 2.48 bits per heavy atom. The molecule has 148 valence electrons. The molecule has 0 spiro atoms. The Hall–Kier alpha value is -1.75. The monoisotopic (exact) mass is 391 g/mol. The van der Waals surface area contributed by atoms with Crippen LogP contribution >= 0.6 is 11.6 Å². The second-order valence-electron chi connectivity index (χ2n) is 7.61. The van der Waals surface area contributed by atoms with Crippen LogP contribution in [0.5, 0.6) is 0 Å². The number of hydrogen-bond acceptors (Lipinski definition) is 2. The third-order valence-corrected chi connectivity index (χ3v) is 5.96. The fourth-order valence-corrected chi connectivity index (χ4v) is 4.26. The number of benzene rings is 1. The van der Waals surface area contributed by atoms with Crippen LogP contribution in [0.1, 0.15) is 57.4 Å². The van der Waals surface area contributed by atoms with Gasteiger partial charge in [-0.05, 0) is 50.3 Å². The van der Waals surface area contributed by atoms with Gasteiger partial charge >= 0.3 is 6.03 Å². The Labute approximate surface area is 167 Å². The molecule has 3 rings (SSSR count). The van der Waals surface area contributed by atoms with Crippen molar-refractivity contribution >= 4 is 23.5 Å². The number of rotatable bonds is 5. The second-order valence-corrected chi connectivity index (χ2v) is 8.05. The molecule has 2 fully saturated rings. The molecule has 1 aromatic carbocycles. The molecule has 0 radical (unpaired) electrons. The molecule has 6 heteroatoms. The molecule has 1 aromatic rings. The van der Waals surface area contributed by atoms with Crippen molar-refractivity contribution in [3.63, 3.8) is 0 Å². The Morgan fingerprint density at radius 2 is 1.81 bits per heavy atom. The van der Waals surface area contributed by atoms with E-state index in [1.165, 1.54) is 19.3 Å². The van der Waals surface area contributed by atoms with E-state index in [1.807, 2.05) is 36.1 Å². The Balaban J connectivity index is 1.62. The third-order valence-electron chi connectivity index (χ3n) is 5.71. The summed E-state index contributed by atoms with van der Waals surface area (Å²) in [5, 5.41) is 3.85. The fourth-order valence-electron chi connectivity index (χ4n) is 4.14. The molecule has 3 amide bonds. The second kappa shape index (κ2) is 9.45. The summed E-state index contributed by atoms with van der Waals surface area (Å²) in [5.74, 6) is 0.0451. The number of likely N-dealkylation sites (N-methyl/N-ethyl adjacent to an activating group) is 1. The Morgan fingerprint density at radius 1 is 1.11 bits per heavy atom. The first-order chi connectivity index (χ1) is 13.1. The van der Waals surface area contributed by atoms with Crippen LogP contribution in [0.15, 0.2) is 24.3 Å². The van der Waals surface area contributed by atoms with Crippen LogP contribution in [0, 0.1) is 0 Å². The number of nitrogens with zero attached hydrogens (tertiary/aromatic N) is 2. The van der Waals surface area contributed by atoms with Crippen LogP contribution < -0.4 is 5.32 Å². The van der Waals surface area contributed by atoms with Gasteiger partial charge in [0.25, 0.3) is 0 Å². The van der Waals surface area contributed by atoms with Gasteiger partial charge in [0.2, 0.25) is 5.91 Å². The summed E-state index contributed by atoms with van der Waals surface area (Å²) in [7, 11) is 0. The van der Waals surface area contributed by atoms with E-state index in [1.54, 1.807) is 4.90 Å². The average Bonchev–Trinajstić information content (AvgIpc) is 3.18. The zero-order valence-corrected chi connectivity index (χ0v) is 16.9. The molecule has 1 unspecified atom stereocenters. The minimum atomic E-state index is -0.346. The molecule has 2 aliphatic rings. The maximum atomic E-state index is 13.1. The number of urea groups is 1. The van der Waals surface area contributed by atoms with Gasteiger partial charge in [-0.3, -0.25) is 4.79 Å². The molecular formula is C21H30ClN3O2. The van der Waals surface area contributed by atoms with Crippen molar-refractivity contribution in [1.29, 1.82) is 0 Å². The summed E-state index contributed by atoms with van der Waals surface area (Å²) < 4.78 is 0. The number of likely N-dealkylation sites (tertiary alicyclic amines) is 1. The molecule has 0 bridgehead atoms. The van der Waals surface area contributed by atoms with E-state index in [9.17, 15) is 9.59 Å². The average molecular weight is 392 g/mol. The first-order valence-corrected chi connectivity index (χ1v) is 10.6. The normalized spacial score (nSPS) is 20.5. The Kier molecular flexibility index (Phi) is 7.00. The first-order valence-electron chi connectivity index (χ1n) is 10.2. The molecule has 1 saturated carbocycles. The summed E-state index contributed by atoms with van der Waals surface area (Å²) in [6, 6.07) is 7.42. The number of carbonyl (C=O) groups excluding carboxylic acids is 2. The Bertz CT molecular complexity index is 643. The number of amides is 3. The molecule has 1 saturated heterocycles. The van der Waals surface area contributed by atoms with E-state index in [0.29, 0.717) is 24.7 Å². The van der Waals surface area contributed by atoms with E-state index >= 15 is 0 Å². The van der Waals surface area contributed by atoms with E-state index in [4.69, 9.17) is 11.6 Å². The van der Waals surface area contributed by atoms with Crippen LogP contribution in [-0.4, -0.2) is 46.9 Å². The number of carbonyl (C=O) groups is 2. The van der Waals surface area contributed by atoms with E-state index in [-0.39, 0.29) is 24.0 Å². The van der Waals surface area contributed by atoms with Gasteiger partial charge in [0, 0.05) is 30.7 Å². The molecule has 1 N–H and O–H groups in total. The van der Waals surface area contributed by atoms with Gasteiger partial charge in [-0.1, -0.05) is 43.0 Å². The van der Waals surface area contributed by atoms with Crippen molar-refractivity contribution in [3.8, 4) is 0 Å². The maximum absolute atomic E-state index is 13.1. The highest BCUT2D eigenvalue weighted by Gasteiger charge is 2.36. The highest BCUT2D eigenvalue weighted by molar-refractivity contribution is 6.30. The molecule has 1 heterocycles. The lowest BCUT2D eigenvalue weighted by Gasteiger charge is -2.32. The zero-order chi connectivity index (χ0) is 19.2. The largest absolute Gasteiger partial charge is 0.337 e. The van der Waals surface area contributed by atoms with Crippen molar-refractivity contribution in [2.75, 3.05) is 13.1 Å². The molecule has 1 atom stereocenters.